The van der Waals surface area contributed by atoms with Crippen LogP contribution >= 0.6 is 11.8 Å². The molecule has 0 fully saturated rings. The summed E-state index contributed by atoms with van der Waals surface area (Å²) in [5, 5.41) is 8.93. The van der Waals surface area contributed by atoms with E-state index < -0.39 is 0 Å². The lowest BCUT2D eigenvalue weighted by molar-refractivity contribution is 0.356. The van der Waals surface area contributed by atoms with Gasteiger partial charge in [0.15, 0.2) is 0 Å². The van der Waals surface area contributed by atoms with Gasteiger partial charge in [-0.2, -0.15) is 0 Å². The van der Waals surface area contributed by atoms with Gasteiger partial charge in [0.2, 0.25) is 5.89 Å². The number of ether oxygens (including phenoxy) is 2. The Hall–Kier alpha value is -2.47. The van der Waals surface area contributed by atoms with Gasteiger partial charge in [-0.1, -0.05) is 23.9 Å². The van der Waals surface area contributed by atoms with Crippen molar-refractivity contribution in [3.63, 3.8) is 0 Å². The molecular formula is C19H16N2O3S. The summed E-state index contributed by atoms with van der Waals surface area (Å²) in [5.74, 6) is 3.32. The maximum atomic E-state index is 5.82. The number of benzene rings is 2. The van der Waals surface area contributed by atoms with Crippen LogP contribution in [0.15, 0.2) is 46.0 Å². The maximum Gasteiger partial charge on any atom is 0.277 e. The molecule has 5 rings (SSSR count). The Kier molecular flexibility index (Phi) is 3.63. The molecule has 0 N–H and O–H groups in total. The van der Waals surface area contributed by atoms with Gasteiger partial charge in [0.1, 0.15) is 11.5 Å². The lowest BCUT2D eigenvalue weighted by Gasteiger charge is -2.02. The molecule has 0 aliphatic carbocycles. The quantitative estimate of drug-likeness (QED) is 0.664. The van der Waals surface area contributed by atoms with Crippen LogP contribution in [0.2, 0.25) is 0 Å². The van der Waals surface area contributed by atoms with Crippen molar-refractivity contribution < 1.29 is 13.9 Å². The van der Waals surface area contributed by atoms with Crippen LogP contribution in [0, 0.1) is 0 Å². The summed E-state index contributed by atoms with van der Waals surface area (Å²) >= 11 is 1.55. The fourth-order valence-corrected chi connectivity index (χ4v) is 3.89. The monoisotopic (exact) mass is 352 g/mol. The third kappa shape index (κ3) is 2.87. The molecule has 5 nitrogen and oxygen atoms in total. The van der Waals surface area contributed by atoms with E-state index in [1.54, 1.807) is 11.8 Å². The minimum Gasteiger partial charge on any atom is -0.493 e. The largest absolute Gasteiger partial charge is 0.493 e. The summed E-state index contributed by atoms with van der Waals surface area (Å²) in [6.45, 7) is 1.53. The Balaban J connectivity index is 1.30. The number of hydrogen-bond acceptors (Lipinski definition) is 6. The van der Waals surface area contributed by atoms with E-state index in [0.29, 0.717) is 11.1 Å². The zero-order chi connectivity index (χ0) is 16.6. The van der Waals surface area contributed by atoms with E-state index in [-0.39, 0.29) is 0 Å². The molecule has 2 aliphatic rings. The first kappa shape index (κ1) is 14.8. The van der Waals surface area contributed by atoms with Gasteiger partial charge >= 0.3 is 0 Å². The smallest absolute Gasteiger partial charge is 0.277 e. The van der Waals surface area contributed by atoms with Crippen molar-refractivity contribution in [3.05, 3.63) is 53.1 Å². The van der Waals surface area contributed by atoms with Gasteiger partial charge in [0, 0.05) is 24.2 Å². The van der Waals surface area contributed by atoms with Crippen LogP contribution in [0.25, 0.3) is 11.5 Å². The summed E-state index contributed by atoms with van der Waals surface area (Å²) < 4.78 is 16.9. The van der Waals surface area contributed by atoms with Crippen molar-refractivity contribution in [3.8, 4) is 23.0 Å². The van der Waals surface area contributed by atoms with E-state index in [1.807, 2.05) is 18.2 Å². The summed E-state index contributed by atoms with van der Waals surface area (Å²) in [6, 6.07) is 12.4. The zero-order valence-corrected chi connectivity index (χ0v) is 14.3. The van der Waals surface area contributed by atoms with Crippen LogP contribution in [0.3, 0.4) is 0 Å². The molecule has 0 radical (unpaired) electrons. The predicted molar refractivity (Wildman–Crippen MR) is 94.1 cm³/mol. The molecule has 3 aromatic rings. The molecule has 0 unspecified atom stereocenters. The Bertz CT molecular complexity index is 938. The van der Waals surface area contributed by atoms with E-state index in [1.165, 1.54) is 16.7 Å². The highest BCUT2D eigenvalue weighted by Crippen LogP contribution is 2.32. The Morgan fingerprint density at radius 1 is 0.880 bits per heavy atom. The van der Waals surface area contributed by atoms with Gasteiger partial charge < -0.3 is 13.9 Å². The third-order valence-corrected chi connectivity index (χ3v) is 5.35. The molecule has 2 aliphatic heterocycles. The average Bonchev–Trinajstić information content (AvgIpc) is 3.38. The summed E-state index contributed by atoms with van der Waals surface area (Å²) in [4.78, 5) is 0. The number of aromatic nitrogens is 2. The van der Waals surface area contributed by atoms with E-state index in [2.05, 4.69) is 28.4 Å². The van der Waals surface area contributed by atoms with Crippen molar-refractivity contribution in [1.82, 2.24) is 10.2 Å². The van der Waals surface area contributed by atoms with Crippen LogP contribution in [-0.4, -0.2) is 23.4 Å². The second-order valence-corrected chi connectivity index (χ2v) is 7.05. The van der Waals surface area contributed by atoms with Crippen LogP contribution < -0.4 is 9.47 Å². The number of rotatable bonds is 4. The molecule has 0 saturated carbocycles. The minimum atomic E-state index is 0.555. The average molecular weight is 352 g/mol. The zero-order valence-electron chi connectivity index (χ0n) is 13.5. The summed E-state index contributed by atoms with van der Waals surface area (Å²) in [7, 11) is 0. The fraction of sp³-hybridized carbons (Fsp3) is 0.263. The molecule has 1 aromatic heterocycles. The molecule has 0 atom stereocenters. The molecule has 6 heteroatoms. The van der Waals surface area contributed by atoms with E-state index in [0.717, 1.165) is 48.9 Å². The van der Waals surface area contributed by atoms with Gasteiger partial charge in [-0.05, 0) is 41.0 Å². The second kappa shape index (κ2) is 6.11. The lowest BCUT2D eigenvalue weighted by atomic mass is 10.1. The lowest BCUT2D eigenvalue weighted by Crippen LogP contribution is -1.85. The van der Waals surface area contributed by atoms with Gasteiger partial charge in [-0.15, -0.1) is 10.2 Å². The van der Waals surface area contributed by atoms with Crippen LogP contribution in [-0.2, 0) is 18.6 Å². The molecule has 25 heavy (non-hydrogen) atoms. The molecule has 0 spiro atoms. The van der Waals surface area contributed by atoms with E-state index in [9.17, 15) is 0 Å². The SMILES string of the molecule is c1cc2c(cc1CSc1nnc(-c3ccc4c(c3)CCO4)o1)CCO2. The highest BCUT2D eigenvalue weighted by Gasteiger charge is 2.16. The van der Waals surface area contributed by atoms with Crippen molar-refractivity contribution in [1.29, 1.82) is 0 Å². The number of nitrogens with zero attached hydrogens (tertiary/aromatic N) is 2. The first-order chi connectivity index (χ1) is 12.3. The number of hydrogen-bond donors (Lipinski definition) is 0. The molecule has 3 heterocycles. The maximum absolute atomic E-state index is 5.82. The second-order valence-electron chi connectivity index (χ2n) is 6.12. The topological polar surface area (TPSA) is 57.4 Å². The molecule has 126 valence electrons. The Morgan fingerprint density at radius 3 is 2.48 bits per heavy atom. The van der Waals surface area contributed by atoms with Crippen molar-refractivity contribution in [2.75, 3.05) is 13.2 Å². The van der Waals surface area contributed by atoms with Crippen molar-refractivity contribution >= 4 is 11.8 Å². The van der Waals surface area contributed by atoms with E-state index in [4.69, 9.17) is 13.9 Å². The molecule has 0 bridgehead atoms. The van der Waals surface area contributed by atoms with Gasteiger partial charge in [-0.3, -0.25) is 0 Å². The van der Waals surface area contributed by atoms with Gasteiger partial charge in [-0.25, -0.2) is 0 Å². The predicted octanol–water partition coefficient (Wildman–Crippen LogP) is 3.90. The first-order valence-corrected chi connectivity index (χ1v) is 9.31. The molecule has 0 saturated heterocycles. The number of fused-ring (bicyclic) bond motifs is 2. The first-order valence-electron chi connectivity index (χ1n) is 8.32. The summed E-state index contributed by atoms with van der Waals surface area (Å²) in [6.07, 6.45) is 1.92. The summed E-state index contributed by atoms with van der Waals surface area (Å²) in [5.41, 5.74) is 4.66. The normalized spacial score (nSPS) is 14.7. The highest BCUT2D eigenvalue weighted by atomic mass is 32.2. The molecule has 2 aromatic carbocycles. The standard InChI is InChI=1S/C19H16N2O3S/c1-3-16-13(5-7-22-16)9-12(1)11-25-19-21-20-18(24-19)15-2-4-17-14(10-15)6-8-23-17/h1-4,9-10H,5-8,11H2. The van der Waals surface area contributed by atoms with Gasteiger partial charge in [0.05, 0.1) is 13.2 Å². The Labute approximate surface area is 149 Å². The van der Waals surface area contributed by atoms with Crippen molar-refractivity contribution in [2.24, 2.45) is 0 Å². The third-order valence-electron chi connectivity index (χ3n) is 4.46. The van der Waals surface area contributed by atoms with Crippen LogP contribution in [0.4, 0.5) is 0 Å². The van der Waals surface area contributed by atoms with Crippen LogP contribution in [0.5, 0.6) is 11.5 Å². The Morgan fingerprint density at radius 2 is 1.64 bits per heavy atom. The highest BCUT2D eigenvalue weighted by molar-refractivity contribution is 7.98. The van der Waals surface area contributed by atoms with Gasteiger partial charge in [0.25, 0.3) is 5.22 Å². The van der Waals surface area contributed by atoms with E-state index >= 15 is 0 Å². The molecular weight excluding hydrogens is 336 g/mol. The minimum absolute atomic E-state index is 0.555. The van der Waals surface area contributed by atoms with Crippen LogP contribution in [0.1, 0.15) is 16.7 Å². The fourth-order valence-electron chi connectivity index (χ4n) is 3.18. The van der Waals surface area contributed by atoms with Crippen molar-refractivity contribution in [2.45, 2.75) is 23.8 Å². The number of thioether (sulfide) groups is 1. The molecule has 0 amide bonds.